The van der Waals surface area contributed by atoms with Crippen LogP contribution in [0.5, 0.6) is 0 Å². The van der Waals surface area contributed by atoms with Crippen LogP contribution in [0.2, 0.25) is 0 Å². The Hall–Kier alpha value is -2.68. The van der Waals surface area contributed by atoms with E-state index >= 15 is 8.78 Å². The molecule has 0 radical (unpaired) electrons. The zero-order valence-electron chi connectivity index (χ0n) is 19.4. The van der Waals surface area contributed by atoms with E-state index in [-0.39, 0.29) is 40.4 Å². The van der Waals surface area contributed by atoms with Gasteiger partial charge in [-0.25, -0.2) is 17.6 Å². The Kier molecular flexibility index (Phi) is 6.59. The Bertz CT molecular complexity index is 1210. The molecule has 0 aliphatic carbocycles. The summed E-state index contributed by atoms with van der Waals surface area (Å²) in [5.74, 6) is -2.00. The molecule has 1 aromatic heterocycles. The average Bonchev–Trinajstić information content (AvgIpc) is 3.11. The van der Waals surface area contributed by atoms with E-state index in [0.717, 1.165) is 12.1 Å². The molecular formula is C26H27F4NO3. The first-order chi connectivity index (χ1) is 16.0. The predicted molar refractivity (Wildman–Crippen MR) is 121 cm³/mol. The molecular weight excluding hydrogens is 450 g/mol. The van der Waals surface area contributed by atoms with Gasteiger partial charge < -0.3 is 14.3 Å². The third-order valence-electron chi connectivity index (χ3n) is 6.07. The van der Waals surface area contributed by atoms with Crippen molar-refractivity contribution in [3.8, 4) is 0 Å². The minimum atomic E-state index is -1.66. The molecule has 1 N–H and O–H groups in total. The summed E-state index contributed by atoms with van der Waals surface area (Å²) < 4.78 is 71.1. The van der Waals surface area contributed by atoms with Gasteiger partial charge in [-0.1, -0.05) is 12.1 Å². The lowest BCUT2D eigenvalue weighted by Gasteiger charge is -2.42. The average molecular weight is 477 g/mol. The summed E-state index contributed by atoms with van der Waals surface area (Å²) in [7, 11) is 1.29. The zero-order chi connectivity index (χ0) is 24.8. The number of rotatable bonds is 6. The summed E-state index contributed by atoms with van der Waals surface area (Å²) in [4.78, 5) is 1.66. The predicted octanol–water partition coefficient (Wildman–Crippen LogP) is 5.91. The van der Waals surface area contributed by atoms with E-state index in [4.69, 9.17) is 9.15 Å². The van der Waals surface area contributed by atoms with Crippen LogP contribution in [-0.4, -0.2) is 41.7 Å². The molecule has 4 rings (SSSR count). The summed E-state index contributed by atoms with van der Waals surface area (Å²) >= 11 is 0. The molecule has 2 aromatic carbocycles. The monoisotopic (exact) mass is 477 g/mol. The number of hydrogen-bond acceptors (Lipinski definition) is 4. The van der Waals surface area contributed by atoms with Crippen molar-refractivity contribution in [1.29, 1.82) is 0 Å². The SMILES string of the molecule is COC(O)/C=C/c1cc(F)c([C@H]2c3oc4cccc(F)c4c3C[C@H](C)N2CC(C)(C)F)c(F)c1. The maximum Gasteiger partial charge on any atom is 0.174 e. The van der Waals surface area contributed by atoms with Crippen LogP contribution in [0.15, 0.2) is 40.8 Å². The lowest BCUT2D eigenvalue weighted by molar-refractivity contribution is -0.0350. The number of fused-ring (bicyclic) bond motifs is 3. The normalized spacial score (nSPS) is 20.3. The molecule has 3 atom stereocenters. The zero-order valence-corrected chi connectivity index (χ0v) is 19.4. The highest BCUT2D eigenvalue weighted by molar-refractivity contribution is 5.83. The van der Waals surface area contributed by atoms with Crippen molar-refractivity contribution < 1.29 is 31.8 Å². The molecule has 3 aromatic rings. The molecule has 0 bridgehead atoms. The van der Waals surface area contributed by atoms with Gasteiger partial charge in [0, 0.05) is 30.8 Å². The number of alkyl halides is 1. The van der Waals surface area contributed by atoms with E-state index < -0.39 is 35.5 Å². The minimum Gasteiger partial charge on any atom is -0.459 e. The number of hydrogen-bond donors (Lipinski definition) is 1. The number of nitrogens with zero attached hydrogens (tertiary/aromatic N) is 1. The first-order valence-electron chi connectivity index (χ1n) is 11.0. The van der Waals surface area contributed by atoms with Crippen molar-refractivity contribution in [2.75, 3.05) is 13.7 Å². The van der Waals surface area contributed by atoms with Crippen LogP contribution in [0.1, 0.15) is 49.3 Å². The maximum absolute atomic E-state index is 15.5. The molecule has 2 heterocycles. The van der Waals surface area contributed by atoms with E-state index in [1.807, 2.05) is 6.92 Å². The van der Waals surface area contributed by atoms with E-state index in [1.54, 1.807) is 11.0 Å². The Morgan fingerprint density at radius 3 is 2.50 bits per heavy atom. The van der Waals surface area contributed by atoms with Crippen molar-refractivity contribution in [3.05, 3.63) is 76.3 Å². The van der Waals surface area contributed by atoms with Gasteiger partial charge in [0.1, 0.15) is 40.5 Å². The summed E-state index contributed by atoms with van der Waals surface area (Å²) in [5.41, 5.74) is -0.984. The van der Waals surface area contributed by atoms with Gasteiger partial charge in [0.05, 0.1) is 5.39 Å². The third kappa shape index (κ3) is 4.62. The Labute approximate surface area is 195 Å². The summed E-state index contributed by atoms with van der Waals surface area (Å²) in [6.45, 7) is 4.50. The molecule has 34 heavy (non-hydrogen) atoms. The Morgan fingerprint density at radius 2 is 1.88 bits per heavy atom. The molecule has 1 unspecified atom stereocenters. The Morgan fingerprint density at radius 1 is 1.21 bits per heavy atom. The van der Waals surface area contributed by atoms with Crippen LogP contribution < -0.4 is 0 Å². The second kappa shape index (κ2) is 9.17. The summed E-state index contributed by atoms with van der Waals surface area (Å²) in [6, 6.07) is 5.22. The second-order valence-electron chi connectivity index (χ2n) is 9.29. The molecule has 1 aliphatic rings. The lowest BCUT2D eigenvalue weighted by atomic mass is 9.87. The van der Waals surface area contributed by atoms with Crippen LogP contribution in [-0.2, 0) is 11.2 Å². The molecule has 0 saturated carbocycles. The van der Waals surface area contributed by atoms with Crippen molar-refractivity contribution in [1.82, 2.24) is 4.90 Å². The van der Waals surface area contributed by atoms with Gasteiger partial charge >= 0.3 is 0 Å². The van der Waals surface area contributed by atoms with Crippen molar-refractivity contribution in [2.24, 2.45) is 0 Å². The molecule has 0 fully saturated rings. The number of methoxy groups -OCH3 is 1. The molecule has 0 spiro atoms. The molecule has 8 heteroatoms. The van der Waals surface area contributed by atoms with E-state index in [1.165, 1.54) is 45.2 Å². The van der Waals surface area contributed by atoms with Gasteiger partial charge in [0.15, 0.2) is 6.29 Å². The van der Waals surface area contributed by atoms with Gasteiger partial charge in [-0.05, 0) is 63.1 Å². The molecule has 0 saturated heterocycles. The van der Waals surface area contributed by atoms with Gasteiger partial charge in [-0.3, -0.25) is 4.90 Å². The van der Waals surface area contributed by atoms with Gasteiger partial charge in [-0.2, -0.15) is 0 Å². The topological polar surface area (TPSA) is 45.8 Å². The first-order valence-corrected chi connectivity index (χ1v) is 11.0. The van der Waals surface area contributed by atoms with Crippen molar-refractivity contribution in [2.45, 2.75) is 51.2 Å². The van der Waals surface area contributed by atoms with Gasteiger partial charge in [0.2, 0.25) is 0 Å². The standard InChI is InChI=1S/C26H27F4NO3/c1-14-10-16-22-17(27)6-5-7-20(22)34-25(16)24(31(14)13-26(2,3)30)23-18(28)11-15(12-19(23)29)8-9-21(32)33-4/h5-9,11-12,14,21,24,32H,10,13H2,1-4H3/b9-8+/t14-,21?,24-/m0/s1. The number of halogens is 4. The second-order valence-corrected chi connectivity index (χ2v) is 9.29. The highest BCUT2D eigenvalue weighted by Crippen LogP contribution is 2.45. The molecule has 182 valence electrons. The van der Waals surface area contributed by atoms with Gasteiger partial charge in [-0.15, -0.1) is 0 Å². The number of aliphatic hydroxyl groups is 1. The van der Waals surface area contributed by atoms with Crippen LogP contribution in [0, 0.1) is 17.5 Å². The molecule has 4 nitrogen and oxygen atoms in total. The number of furan rings is 1. The van der Waals surface area contributed by atoms with Gasteiger partial charge in [0.25, 0.3) is 0 Å². The quantitative estimate of drug-likeness (QED) is 0.354. The third-order valence-corrected chi connectivity index (χ3v) is 6.07. The first kappa shape index (κ1) is 24.4. The number of benzene rings is 2. The fourth-order valence-corrected chi connectivity index (χ4v) is 4.64. The van der Waals surface area contributed by atoms with Crippen LogP contribution in [0.25, 0.3) is 17.0 Å². The van der Waals surface area contributed by atoms with E-state index in [9.17, 15) is 13.9 Å². The summed E-state index contributed by atoms with van der Waals surface area (Å²) in [5, 5.41) is 9.79. The molecule has 1 aliphatic heterocycles. The van der Waals surface area contributed by atoms with E-state index in [2.05, 4.69) is 0 Å². The Balaban J connectivity index is 1.90. The number of aliphatic hydroxyl groups excluding tert-OH is 1. The highest BCUT2D eigenvalue weighted by Gasteiger charge is 2.42. The van der Waals surface area contributed by atoms with E-state index in [0.29, 0.717) is 12.0 Å². The fraction of sp³-hybridized carbons (Fsp3) is 0.385. The van der Waals surface area contributed by atoms with Crippen LogP contribution in [0.4, 0.5) is 17.6 Å². The smallest absolute Gasteiger partial charge is 0.174 e. The largest absolute Gasteiger partial charge is 0.459 e. The maximum atomic E-state index is 15.5. The lowest BCUT2D eigenvalue weighted by Crippen LogP contribution is -2.48. The van der Waals surface area contributed by atoms with Crippen molar-refractivity contribution in [3.63, 3.8) is 0 Å². The fourth-order valence-electron chi connectivity index (χ4n) is 4.64. The van der Waals surface area contributed by atoms with Crippen molar-refractivity contribution >= 4 is 17.0 Å². The minimum absolute atomic E-state index is 0.113. The summed E-state index contributed by atoms with van der Waals surface area (Å²) in [6.07, 6.45) is 1.70. The number of ether oxygens (including phenoxy) is 1. The van der Waals surface area contributed by atoms with Crippen LogP contribution in [0.3, 0.4) is 0 Å². The molecule has 0 amide bonds. The van der Waals surface area contributed by atoms with Crippen LogP contribution >= 0.6 is 0 Å². The highest BCUT2D eigenvalue weighted by atomic mass is 19.1.